The molecule has 1 atom stereocenters. The van der Waals surface area contributed by atoms with Crippen LogP contribution in [-0.2, 0) is 0 Å². The molecule has 1 heteroatoms. The molecule has 0 aliphatic heterocycles. The lowest BCUT2D eigenvalue weighted by Crippen LogP contribution is -2.23. The lowest BCUT2D eigenvalue weighted by molar-refractivity contribution is 0.485. The van der Waals surface area contributed by atoms with Crippen LogP contribution >= 0.6 is 0 Å². The minimum atomic E-state index is 0.443. The maximum Gasteiger partial charge on any atom is 0.0323 e. The molecule has 0 saturated carbocycles. The van der Waals surface area contributed by atoms with Crippen molar-refractivity contribution in [1.82, 2.24) is 5.32 Å². The Morgan fingerprint density at radius 1 is 1.33 bits per heavy atom. The van der Waals surface area contributed by atoms with E-state index in [2.05, 4.69) is 50.2 Å². The van der Waals surface area contributed by atoms with Gasteiger partial charge in [0.15, 0.2) is 0 Å². The Morgan fingerprint density at radius 2 is 2.11 bits per heavy atom. The highest BCUT2D eigenvalue weighted by atomic mass is 14.9. The van der Waals surface area contributed by atoms with Gasteiger partial charge in [-0.3, -0.25) is 0 Å². The van der Waals surface area contributed by atoms with Crippen molar-refractivity contribution >= 4 is 0 Å². The molecule has 98 valence electrons. The van der Waals surface area contributed by atoms with Crippen LogP contribution in [0.3, 0.4) is 0 Å². The monoisotopic (exact) mass is 243 g/mol. The van der Waals surface area contributed by atoms with Gasteiger partial charge in [0.2, 0.25) is 0 Å². The normalized spacial score (nSPS) is 12.1. The van der Waals surface area contributed by atoms with Crippen LogP contribution in [0.4, 0.5) is 0 Å². The van der Waals surface area contributed by atoms with Crippen molar-refractivity contribution in [2.45, 2.75) is 52.5 Å². The molecule has 1 aromatic carbocycles. The second-order valence-corrected chi connectivity index (χ2v) is 4.96. The molecule has 0 aromatic heterocycles. The Morgan fingerprint density at radius 3 is 2.78 bits per heavy atom. The number of nitrogens with one attached hydrogen (secondary N) is 1. The summed E-state index contributed by atoms with van der Waals surface area (Å²) in [5.41, 5.74) is 4.13. The first-order valence-corrected chi connectivity index (χ1v) is 6.93. The average Bonchev–Trinajstić information content (AvgIpc) is 2.37. The summed E-state index contributed by atoms with van der Waals surface area (Å²) < 4.78 is 0. The zero-order valence-electron chi connectivity index (χ0n) is 11.9. The van der Waals surface area contributed by atoms with Crippen molar-refractivity contribution in [3.8, 4) is 12.3 Å². The molecule has 1 N–H and O–H groups in total. The maximum atomic E-state index is 5.34. The molecule has 0 spiro atoms. The number of rotatable bonds is 7. The van der Waals surface area contributed by atoms with E-state index in [1.165, 1.54) is 16.7 Å². The highest BCUT2D eigenvalue weighted by Crippen LogP contribution is 2.23. The molecular formula is C17H25N. The van der Waals surface area contributed by atoms with Gasteiger partial charge in [-0.05, 0) is 50.8 Å². The summed E-state index contributed by atoms with van der Waals surface area (Å²) in [7, 11) is 0. The van der Waals surface area contributed by atoms with Gasteiger partial charge < -0.3 is 5.32 Å². The number of aryl methyl sites for hydroxylation is 2. The van der Waals surface area contributed by atoms with E-state index < -0.39 is 0 Å². The summed E-state index contributed by atoms with van der Waals surface area (Å²) in [6, 6.07) is 7.14. The second kappa shape index (κ2) is 7.95. The molecular weight excluding hydrogens is 218 g/mol. The first kappa shape index (κ1) is 14.8. The fourth-order valence-corrected chi connectivity index (χ4v) is 2.23. The molecule has 1 rings (SSSR count). The fourth-order valence-electron chi connectivity index (χ4n) is 2.23. The van der Waals surface area contributed by atoms with Gasteiger partial charge in [-0.2, -0.15) is 0 Å². The summed E-state index contributed by atoms with van der Waals surface area (Å²) >= 11 is 0. The van der Waals surface area contributed by atoms with Crippen molar-refractivity contribution in [2.24, 2.45) is 0 Å². The van der Waals surface area contributed by atoms with Crippen LogP contribution < -0.4 is 5.32 Å². The minimum Gasteiger partial charge on any atom is -0.310 e. The highest BCUT2D eigenvalue weighted by Gasteiger charge is 2.12. The van der Waals surface area contributed by atoms with Crippen molar-refractivity contribution in [2.75, 3.05) is 6.54 Å². The van der Waals surface area contributed by atoms with E-state index >= 15 is 0 Å². The Bertz CT molecular complexity index is 401. The zero-order valence-corrected chi connectivity index (χ0v) is 11.9. The van der Waals surface area contributed by atoms with E-state index in [4.69, 9.17) is 6.42 Å². The van der Waals surface area contributed by atoms with E-state index in [-0.39, 0.29) is 0 Å². The summed E-state index contributed by atoms with van der Waals surface area (Å²) in [4.78, 5) is 0. The van der Waals surface area contributed by atoms with Gasteiger partial charge in [0.25, 0.3) is 0 Å². The summed E-state index contributed by atoms with van der Waals surface area (Å²) in [5.74, 6) is 2.73. The molecule has 1 unspecified atom stereocenters. The number of unbranched alkanes of at least 4 members (excludes halogenated alkanes) is 1. The van der Waals surface area contributed by atoms with Crippen molar-refractivity contribution < 1.29 is 0 Å². The molecule has 1 aromatic rings. The van der Waals surface area contributed by atoms with E-state index in [0.29, 0.717) is 6.04 Å². The van der Waals surface area contributed by atoms with Gasteiger partial charge in [-0.1, -0.05) is 30.7 Å². The third-order valence-electron chi connectivity index (χ3n) is 3.26. The van der Waals surface area contributed by atoms with E-state index in [9.17, 15) is 0 Å². The molecule has 0 radical (unpaired) electrons. The first-order valence-electron chi connectivity index (χ1n) is 6.93. The van der Waals surface area contributed by atoms with Crippen molar-refractivity contribution in [1.29, 1.82) is 0 Å². The van der Waals surface area contributed by atoms with Crippen LogP contribution in [0.1, 0.15) is 55.3 Å². The number of hydrogen-bond acceptors (Lipinski definition) is 1. The predicted octanol–water partition coefficient (Wildman–Crippen LogP) is 4.15. The van der Waals surface area contributed by atoms with Crippen LogP contribution in [0.25, 0.3) is 0 Å². The largest absolute Gasteiger partial charge is 0.310 e. The van der Waals surface area contributed by atoms with Crippen LogP contribution in [0.2, 0.25) is 0 Å². The van der Waals surface area contributed by atoms with Crippen molar-refractivity contribution in [3.05, 3.63) is 34.9 Å². The fraction of sp³-hybridized carbons (Fsp3) is 0.529. The Balaban J connectivity index is 2.79. The molecule has 18 heavy (non-hydrogen) atoms. The second-order valence-electron chi connectivity index (χ2n) is 4.96. The lowest BCUT2D eigenvalue weighted by Gasteiger charge is -2.21. The molecule has 0 saturated heterocycles. The van der Waals surface area contributed by atoms with E-state index in [0.717, 1.165) is 32.2 Å². The van der Waals surface area contributed by atoms with Gasteiger partial charge in [0, 0.05) is 12.5 Å². The zero-order chi connectivity index (χ0) is 13.4. The summed E-state index contributed by atoms with van der Waals surface area (Å²) in [6.07, 6.45) is 9.58. The molecule has 1 nitrogen and oxygen atoms in total. The molecule has 0 aliphatic carbocycles. The Labute approximate surface area is 112 Å². The van der Waals surface area contributed by atoms with Crippen LogP contribution in [0.15, 0.2) is 18.2 Å². The molecule has 0 heterocycles. The molecule has 0 fully saturated rings. The van der Waals surface area contributed by atoms with Crippen LogP contribution in [-0.4, -0.2) is 6.54 Å². The van der Waals surface area contributed by atoms with E-state index in [1.54, 1.807) is 0 Å². The topological polar surface area (TPSA) is 12.0 Å². The first-order chi connectivity index (χ1) is 8.69. The standard InChI is InChI=1S/C17H25N/c1-5-7-8-9-17(18-12-6-2)16-13-14(3)10-11-15(16)4/h1,10-11,13,17-18H,6-9,12H2,2-4H3. The average molecular weight is 243 g/mol. The Kier molecular flexibility index (Phi) is 6.54. The van der Waals surface area contributed by atoms with E-state index in [1.807, 2.05) is 0 Å². The van der Waals surface area contributed by atoms with Crippen LogP contribution in [0, 0.1) is 26.2 Å². The third kappa shape index (κ3) is 4.55. The molecule has 0 aliphatic rings. The summed E-state index contributed by atoms with van der Waals surface area (Å²) in [5, 5.41) is 3.64. The van der Waals surface area contributed by atoms with Gasteiger partial charge >= 0.3 is 0 Å². The van der Waals surface area contributed by atoms with Gasteiger partial charge in [0.1, 0.15) is 0 Å². The quantitative estimate of drug-likeness (QED) is 0.560. The van der Waals surface area contributed by atoms with Gasteiger partial charge in [0.05, 0.1) is 0 Å². The minimum absolute atomic E-state index is 0.443. The van der Waals surface area contributed by atoms with Gasteiger partial charge in [-0.25, -0.2) is 0 Å². The van der Waals surface area contributed by atoms with Crippen LogP contribution in [0.5, 0.6) is 0 Å². The number of hydrogen-bond donors (Lipinski definition) is 1. The third-order valence-corrected chi connectivity index (χ3v) is 3.26. The predicted molar refractivity (Wildman–Crippen MR) is 79.6 cm³/mol. The van der Waals surface area contributed by atoms with Gasteiger partial charge in [-0.15, -0.1) is 12.3 Å². The number of terminal acetylenes is 1. The lowest BCUT2D eigenvalue weighted by atomic mass is 9.95. The Hall–Kier alpha value is -1.26. The highest BCUT2D eigenvalue weighted by molar-refractivity contribution is 5.33. The smallest absolute Gasteiger partial charge is 0.0323 e. The van der Waals surface area contributed by atoms with Crippen molar-refractivity contribution in [3.63, 3.8) is 0 Å². The molecule has 0 bridgehead atoms. The molecule has 0 amide bonds. The number of benzene rings is 1. The summed E-state index contributed by atoms with van der Waals surface area (Å²) in [6.45, 7) is 7.61. The SMILES string of the molecule is C#CCCCC(NCCC)c1cc(C)ccc1C. The maximum absolute atomic E-state index is 5.34.